The van der Waals surface area contributed by atoms with E-state index in [1.165, 1.54) is 18.2 Å². The van der Waals surface area contributed by atoms with Crippen molar-refractivity contribution in [3.63, 3.8) is 0 Å². The summed E-state index contributed by atoms with van der Waals surface area (Å²) < 4.78 is 41.9. The number of ketones is 1. The molecule has 2 saturated carbocycles. The van der Waals surface area contributed by atoms with Crippen LogP contribution in [0.3, 0.4) is 0 Å². The van der Waals surface area contributed by atoms with E-state index in [1.54, 1.807) is 12.1 Å². The maximum atomic E-state index is 14.4. The average molecular weight is 426 g/mol. The third kappa shape index (κ3) is 3.52. The van der Waals surface area contributed by atoms with Crippen molar-refractivity contribution in [3.8, 4) is 11.3 Å². The van der Waals surface area contributed by atoms with Gasteiger partial charge in [-0.25, -0.2) is 13.2 Å². The largest absolute Gasteiger partial charge is 0.352 e. The monoisotopic (exact) mass is 426 g/mol. The number of fused-ring (bicyclic) bond motifs is 1. The first-order chi connectivity index (χ1) is 14.9. The van der Waals surface area contributed by atoms with Crippen molar-refractivity contribution in [2.45, 2.75) is 44.1 Å². The van der Waals surface area contributed by atoms with E-state index in [0.717, 1.165) is 18.1 Å². The molecule has 0 bridgehead atoms. The molecular weight excluding hydrogens is 405 g/mol. The van der Waals surface area contributed by atoms with E-state index in [1.807, 2.05) is 0 Å². The average Bonchev–Trinajstić information content (AvgIpc) is 3.26. The molecule has 1 aromatic heterocycles. The van der Waals surface area contributed by atoms with Gasteiger partial charge >= 0.3 is 0 Å². The number of nitrogens with one attached hydrogen (secondary N) is 2. The normalized spacial score (nSPS) is 23.2. The molecule has 3 aromatic rings. The number of aromatic amines is 1. The predicted molar refractivity (Wildman–Crippen MR) is 110 cm³/mol. The van der Waals surface area contributed by atoms with Crippen molar-refractivity contribution in [1.29, 1.82) is 0 Å². The Balaban J connectivity index is 1.45. The van der Waals surface area contributed by atoms with Gasteiger partial charge in [0.15, 0.2) is 5.78 Å². The molecule has 160 valence electrons. The van der Waals surface area contributed by atoms with E-state index < -0.39 is 17.7 Å². The van der Waals surface area contributed by atoms with Gasteiger partial charge in [0, 0.05) is 23.8 Å². The lowest BCUT2D eigenvalue weighted by Crippen LogP contribution is -2.44. The Morgan fingerprint density at radius 1 is 1.03 bits per heavy atom. The maximum absolute atomic E-state index is 14.4. The number of aromatic nitrogens is 1. The Kier molecular flexibility index (Phi) is 4.84. The Hall–Kier alpha value is -3.09. The summed E-state index contributed by atoms with van der Waals surface area (Å²) in [5.41, 5.74) is 2.20. The first-order valence-electron chi connectivity index (χ1n) is 10.5. The number of halogens is 3. The minimum atomic E-state index is -0.696. The highest BCUT2D eigenvalue weighted by atomic mass is 19.1. The Morgan fingerprint density at radius 2 is 1.77 bits per heavy atom. The maximum Gasteiger partial charge on any atom is 0.223 e. The quantitative estimate of drug-likeness (QED) is 0.618. The molecule has 0 aliphatic heterocycles. The molecule has 1 amide bonds. The zero-order valence-corrected chi connectivity index (χ0v) is 16.7. The Labute approximate surface area is 176 Å². The van der Waals surface area contributed by atoms with E-state index in [9.17, 15) is 22.8 Å². The van der Waals surface area contributed by atoms with Crippen molar-refractivity contribution in [1.82, 2.24) is 10.3 Å². The summed E-state index contributed by atoms with van der Waals surface area (Å²) >= 11 is 0. The van der Waals surface area contributed by atoms with Crippen molar-refractivity contribution in [2.75, 3.05) is 0 Å². The van der Waals surface area contributed by atoms with Gasteiger partial charge in [0.1, 0.15) is 17.5 Å². The van der Waals surface area contributed by atoms with Crippen molar-refractivity contribution < 1.29 is 22.8 Å². The SMILES string of the molecule is O=C(NC1CCCC1=O)C1CC(c2c(-c3ccc(F)cc3)[nH]c3c(F)cc(F)cc23)C1. The van der Waals surface area contributed by atoms with Crippen molar-refractivity contribution in [3.05, 3.63) is 59.4 Å². The number of carbonyl (C=O) groups is 2. The smallest absolute Gasteiger partial charge is 0.223 e. The molecule has 4 nitrogen and oxygen atoms in total. The molecule has 1 atom stereocenters. The lowest BCUT2D eigenvalue weighted by atomic mass is 9.69. The minimum Gasteiger partial charge on any atom is -0.352 e. The van der Waals surface area contributed by atoms with E-state index >= 15 is 0 Å². The molecule has 2 aromatic carbocycles. The van der Waals surface area contributed by atoms with Gasteiger partial charge in [-0.15, -0.1) is 0 Å². The Morgan fingerprint density at radius 3 is 2.45 bits per heavy atom. The number of Topliss-reactive ketones (excluding diaryl/α,β-unsaturated/α-hetero) is 1. The molecule has 7 heteroatoms. The van der Waals surface area contributed by atoms with Gasteiger partial charge in [-0.1, -0.05) is 0 Å². The highest BCUT2D eigenvalue weighted by molar-refractivity contribution is 5.94. The van der Waals surface area contributed by atoms with Gasteiger partial charge in [-0.05, 0) is 73.1 Å². The van der Waals surface area contributed by atoms with Gasteiger partial charge in [0.25, 0.3) is 0 Å². The van der Waals surface area contributed by atoms with Crippen LogP contribution in [0.4, 0.5) is 13.2 Å². The van der Waals surface area contributed by atoms with Crippen LogP contribution in [0.25, 0.3) is 22.2 Å². The van der Waals surface area contributed by atoms with Crippen LogP contribution in [-0.4, -0.2) is 22.7 Å². The molecule has 5 rings (SSSR count). The molecule has 0 saturated heterocycles. The van der Waals surface area contributed by atoms with Crippen LogP contribution < -0.4 is 5.32 Å². The molecule has 2 aliphatic carbocycles. The number of hydrogen-bond donors (Lipinski definition) is 2. The molecule has 2 fully saturated rings. The number of carbonyl (C=O) groups excluding carboxylic acids is 2. The summed E-state index contributed by atoms with van der Waals surface area (Å²) in [6.07, 6.45) is 3.02. The Bertz CT molecular complexity index is 1180. The lowest BCUT2D eigenvalue weighted by molar-refractivity contribution is -0.131. The fraction of sp³-hybridized carbons (Fsp3) is 0.333. The third-order valence-electron chi connectivity index (χ3n) is 6.54. The van der Waals surface area contributed by atoms with Crippen LogP contribution in [-0.2, 0) is 9.59 Å². The first kappa shape index (κ1) is 19.8. The minimum absolute atomic E-state index is 0.0744. The van der Waals surface area contributed by atoms with Gasteiger partial charge < -0.3 is 10.3 Å². The second-order valence-electron chi connectivity index (χ2n) is 8.52. The lowest BCUT2D eigenvalue weighted by Gasteiger charge is -2.35. The molecule has 2 N–H and O–H groups in total. The molecule has 31 heavy (non-hydrogen) atoms. The highest BCUT2D eigenvalue weighted by Crippen LogP contribution is 2.48. The summed E-state index contributed by atoms with van der Waals surface area (Å²) in [6.45, 7) is 0. The topological polar surface area (TPSA) is 62.0 Å². The number of hydrogen-bond acceptors (Lipinski definition) is 2. The second kappa shape index (κ2) is 7.55. The molecule has 2 aliphatic rings. The van der Waals surface area contributed by atoms with Gasteiger partial charge in [0.2, 0.25) is 5.91 Å². The third-order valence-corrected chi connectivity index (χ3v) is 6.54. The first-order valence-corrected chi connectivity index (χ1v) is 10.5. The molecule has 0 spiro atoms. The van der Waals surface area contributed by atoms with E-state index in [2.05, 4.69) is 10.3 Å². The van der Waals surface area contributed by atoms with E-state index in [4.69, 9.17) is 0 Å². The van der Waals surface area contributed by atoms with Crippen LogP contribution in [0.5, 0.6) is 0 Å². The van der Waals surface area contributed by atoms with Crippen LogP contribution in [0.1, 0.15) is 43.6 Å². The molecule has 0 radical (unpaired) electrons. The molecular formula is C24H21F3N2O2. The van der Waals surface area contributed by atoms with E-state index in [0.29, 0.717) is 42.3 Å². The van der Waals surface area contributed by atoms with Crippen LogP contribution >= 0.6 is 0 Å². The summed E-state index contributed by atoms with van der Waals surface area (Å²) in [6, 6.07) is 7.54. The standard InChI is InChI=1S/C24H21F3N2O2/c25-15-6-4-12(5-7-15)22-21(17-10-16(26)11-18(27)23(17)29-22)13-8-14(9-13)24(31)28-19-2-1-3-20(19)30/h4-7,10-11,13-14,19,29H,1-3,8-9H2,(H,28,31). The summed E-state index contributed by atoms with van der Waals surface area (Å²) in [7, 11) is 0. The van der Waals surface area contributed by atoms with Gasteiger partial charge in [-0.2, -0.15) is 0 Å². The van der Waals surface area contributed by atoms with Crippen LogP contribution in [0.2, 0.25) is 0 Å². The highest BCUT2D eigenvalue weighted by Gasteiger charge is 2.40. The van der Waals surface area contributed by atoms with E-state index in [-0.39, 0.29) is 34.9 Å². The fourth-order valence-electron chi connectivity index (χ4n) is 4.83. The number of benzene rings is 2. The second-order valence-corrected chi connectivity index (χ2v) is 8.52. The number of amides is 1. The summed E-state index contributed by atoms with van der Waals surface area (Å²) in [4.78, 5) is 27.4. The fourth-order valence-corrected chi connectivity index (χ4v) is 4.83. The van der Waals surface area contributed by atoms with Crippen LogP contribution in [0, 0.1) is 23.4 Å². The summed E-state index contributed by atoms with van der Waals surface area (Å²) in [5, 5.41) is 3.28. The van der Waals surface area contributed by atoms with Gasteiger partial charge in [-0.3, -0.25) is 9.59 Å². The van der Waals surface area contributed by atoms with Crippen molar-refractivity contribution in [2.24, 2.45) is 5.92 Å². The zero-order valence-electron chi connectivity index (χ0n) is 16.7. The molecule has 1 heterocycles. The molecule has 1 unspecified atom stereocenters. The van der Waals surface area contributed by atoms with Crippen molar-refractivity contribution >= 4 is 22.6 Å². The number of H-pyrrole nitrogens is 1. The summed E-state index contributed by atoms with van der Waals surface area (Å²) in [5.74, 6) is -2.15. The van der Waals surface area contributed by atoms with Crippen LogP contribution in [0.15, 0.2) is 36.4 Å². The number of rotatable bonds is 4. The van der Waals surface area contributed by atoms with Gasteiger partial charge in [0.05, 0.1) is 17.3 Å². The zero-order chi connectivity index (χ0) is 21.7. The predicted octanol–water partition coefficient (Wildman–Crippen LogP) is 4.98.